The number of halogens is 1. The molecule has 120 valence electrons. The van der Waals surface area contributed by atoms with Gasteiger partial charge in [0.15, 0.2) is 0 Å². The lowest BCUT2D eigenvalue weighted by Gasteiger charge is -2.17. The van der Waals surface area contributed by atoms with Crippen LogP contribution in [0.4, 0.5) is 10.5 Å². The fourth-order valence-electron chi connectivity index (χ4n) is 2.49. The molecule has 0 bridgehead atoms. The monoisotopic (exact) mass is 349 g/mol. The van der Waals surface area contributed by atoms with Crippen LogP contribution in [0.5, 0.6) is 0 Å². The molecule has 5 nitrogen and oxygen atoms in total. The number of nitrogens with zero attached hydrogens (tertiary/aromatic N) is 1. The van der Waals surface area contributed by atoms with Crippen molar-refractivity contribution in [1.29, 1.82) is 0 Å². The van der Waals surface area contributed by atoms with E-state index in [0.29, 0.717) is 24.5 Å². The highest BCUT2D eigenvalue weighted by molar-refractivity contribution is 7.09. The van der Waals surface area contributed by atoms with Crippen LogP contribution in [-0.2, 0) is 11.3 Å². The van der Waals surface area contributed by atoms with Crippen LogP contribution < -0.4 is 15.5 Å². The second kappa shape index (κ2) is 7.02. The molecule has 1 saturated heterocycles. The number of anilines is 1. The van der Waals surface area contributed by atoms with Crippen LogP contribution in [-0.4, -0.2) is 24.5 Å². The van der Waals surface area contributed by atoms with Crippen molar-refractivity contribution in [3.05, 3.63) is 51.7 Å². The minimum atomic E-state index is -0.255. The third-order valence-corrected chi connectivity index (χ3v) is 4.73. The van der Waals surface area contributed by atoms with Crippen molar-refractivity contribution in [3.63, 3.8) is 0 Å². The van der Waals surface area contributed by atoms with Gasteiger partial charge in [-0.2, -0.15) is 0 Å². The number of rotatable bonds is 4. The SMILES string of the molecule is O=C(NCc1cccs1)N[C@@H]1CC(=O)N(c2ccc(Cl)cc2)C1. The molecule has 1 aromatic carbocycles. The average Bonchev–Trinajstić information content (AvgIpc) is 3.16. The number of hydrogen-bond acceptors (Lipinski definition) is 3. The smallest absolute Gasteiger partial charge is 0.315 e. The van der Waals surface area contributed by atoms with E-state index in [1.54, 1.807) is 40.5 Å². The molecule has 0 aliphatic carbocycles. The van der Waals surface area contributed by atoms with Gasteiger partial charge in [-0.15, -0.1) is 11.3 Å². The first-order valence-corrected chi connectivity index (χ1v) is 8.50. The number of benzene rings is 1. The van der Waals surface area contributed by atoms with E-state index in [4.69, 9.17) is 11.6 Å². The molecule has 1 atom stereocenters. The van der Waals surface area contributed by atoms with E-state index in [1.165, 1.54) is 0 Å². The molecule has 1 aliphatic heterocycles. The summed E-state index contributed by atoms with van der Waals surface area (Å²) in [5.41, 5.74) is 0.794. The fourth-order valence-corrected chi connectivity index (χ4v) is 3.26. The number of hydrogen-bond donors (Lipinski definition) is 2. The Morgan fingerprint density at radius 3 is 2.78 bits per heavy atom. The Bertz CT molecular complexity index is 688. The zero-order chi connectivity index (χ0) is 16.2. The summed E-state index contributed by atoms with van der Waals surface area (Å²) in [5, 5.41) is 8.25. The molecule has 1 aliphatic rings. The number of urea groups is 1. The van der Waals surface area contributed by atoms with E-state index >= 15 is 0 Å². The van der Waals surface area contributed by atoms with E-state index in [9.17, 15) is 9.59 Å². The van der Waals surface area contributed by atoms with Crippen LogP contribution in [0.1, 0.15) is 11.3 Å². The van der Waals surface area contributed by atoms with Gasteiger partial charge in [-0.3, -0.25) is 4.79 Å². The highest BCUT2D eigenvalue weighted by Gasteiger charge is 2.31. The number of carbonyl (C=O) groups is 2. The average molecular weight is 350 g/mol. The van der Waals surface area contributed by atoms with Gasteiger partial charge in [0.05, 0.1) is 12.6 Å². The second-order valence-corrected chi connectivity index (χ2v) is 6.76. The van der Waals surface area contributed by atoms with Crippen molar-refractivity contribution in [3.8, 4) is 0 Å². The zero-order valence-corrected chi connectivity index (χ0v) is 13.9. The summed E-state index contributed by atoms with van der Waals surface area (Å²) >= 11 is 7.45. The highest BCUT2D eigenvalue weighted by Crippen LogP contribution is 2.23. The third kappa shape index (κ3) is 4.03. The maximum absolute atomic E-state index is 12.1. The number of amides is 3. The Morgan fingerprint density at radius 2 is 2.09 bits per heavy atom. The molecule has 0 spiro atoms. The van der Waals surface area contributed by atoms with E-state index < -0.39 is 0 Å². The normalized spacial score (nSPS) is 17.3. The molecule has 2 aromatic rings. The predicted octanol–water partition coefficient (Wildman–Crippen LogP) is 3.01. The largest absolute Gasteiger partial charge is 0.333 e. The molecule has 2 N–H and O–H groups in total. The summed E-state index contributed by atoms with van der Waals surface area (Å²) in [7, 11) is 0. The minimum Gasteiger partial charge on any atom is -0.333 e. The lowest BCUT2D eigenvalue weighted by Crippen LogP contribution is -2.43. The van der Waals surface area contributed by atoms with E-state index in [-0.39, 0.29) is 18.0 Å². The fraction of sp³-hybridized carbons (Fsp3) is 0.250. The molecular formula is C16H16ClN3O2S. The standard InChI is InChI=1S/C16H16ClN3O2S/c17-11-3-5-13(6-4-11)20-10-12(8-15(20)21)19-16(22)18-9-14-2-1-7-23-14/h1-7,12H,8-10H2,(H2,18,19,22)/t12-/m1/s1. The van der Waals surface area contributed by atoms with Crippen LogP contribution >= 0.6 is 22.9 Å². The Hall–Kier alpha value is -2.05. The molecular weight excluding hydrogens is 334 g/mol. The Morgan fingerprint density at radius 1 is 1.30 bits per heavy atom. The highest BCUT2D eigenvalue weighted by atomic mass is 35.5. The molecule has 1 aromatic heterocycles. The Kier molecular flexibility index (Phi) is 4.83. The quantitative estimate of drug-likeness (QED) is 0.891. The summed E-state index contributed by atoms with van der Waals surface area (Å²) < 4.78 is 0. The van der Waals surface area contributed by atoms with Crippen molar-refractivity contribution < 1.29 is 9.59 Å². The van der Waals surface area contributed by atoms with Gasteiger partial charge >= 0.3 is 6.03 Å². The Balaban J connectivity index is 1.53. The van der Waals surface area contributed by atoms with Crippen LogP contribution in [0.2, 0.25) is 5.02 Å². The van der Waals surface area contributed by atoms with E-state index in [0.717, 1.165) is 10.6 Å². The maximum atomic E-state index is 12.1. The van der Waals surface area contributed by atoms with Gasteiger partial charge in [0, 0.05) is 28.6 Å². The van der Waals surface area contributed by atoms with Crippen LogP contribution in [0.3, 0.4) is 0 Å². The van der Waals surface area contributed by atoms with Crippen LogP contribution in [0, 0.1) is 0 Å². The summed E-state index contributed by atoms with van der Waals surface area (Å²) in [4.78, 5) is 26.8. The van der Waals surface area contributed by atoms with Crippen molar-refractivity contribution in [2.75, 3.05) is 11.4 Å². The molecule has 0 unspecified atom stereocenters. The molecule has 2 heterocycles. The van der Waals surface area contributed by atoms with E-state index in [2.05, 4.69) is 10.6 Å². The van der Waals surface area contributed by atoms with Gasteiger partial charge in [0.25, 0.3) is 0 Å². The molecule has 0 saturated carbocycles. The lowest BCUT2D eigenvalue weighted by atomic mass is 10.2. The van der Waals surface area contributed by atoms with Gasteiger partial charge in [-0.05, 0) is 35.7 Å². The summed E-state index contributed by atoms with van der Waals surface area (Å²) in [5.74, 6) is -0.00382. The van der Waals surface area contributed by atoms with Crippen LogP contribution in [0.15, 0.2) is 41.8 Å². The first-order chi connectivity index (χ1) is 11.1. The first kappa shape index (κ1) is 15.8. The van der Waals surface area contributed by atoms with Gasteiger partial charge in [0.1, 0.15) is 0 Å². The lowest BCUT2D eigenvalue weighted by molar-refractivity contribution is -0.117. The minimum absolute atomic E-state index is 0.00382. The van der Waals surface area contributed by atoms with Crippen LogP contribution in [0.25, 0.3) is 0 Å². The molecule has 7 heteroatoms. The summed E-state index contributed by atoms with van der Waals surface area (Å²) in [6.07, 6.45) is 0.301. The first-order valence-electron chi connectivity index (χ1n) is 7.24. The topological polar surface area (TPSA) is 61.4 Å². The zero-order valence-electron chi connectivity index (χ0n) is 12.3. The second-order valence-electron chi connectivity index (χ2n) is 5.29. The number of nitrogens with one attached hydrogen (secondary N) is 2. The van der Waals surface area contributed by atoms with Crippen molar-refractivity contribution in [2.24, 2.45) is 0 Å². The molecule has 0 radical (unpaired) electrons. The van der Waals surface area contributed by atoms with Gasteiger partial charge in [-0.1, -0.05) is 17.7 Å². The van der Waals surface area contributed by atoms with Crippen molar-refractivity contribution >= 4 is 40.6 Å². The molecule has 23 heavy (non-hydrogen) atoms. The number of carbonyl (C=O) groups excluding carboxylic acids is 2. The van der Waals surface area contributed by atoms with E-state index in [1.807, 2.05) is 17.5 Å². The van der Waals surface area contributed by atoms with Gasteiger partial charge in [0.2, 0.25) is 5.91 Å². The summed E-state index contributed by atoms with van der Waals surface area (Å²) in [6.45, 7) is 0.956. The van der Waals surface area contributed by atoms with Gasteiger partial charge < -0.3 is 15.5 Å². The maximum Gasteiger partial charge on any atom is 0.315 e. The van der Waals surface area contributed by atoms with Gasteiger partial charge in [-0.25, -0.2) is 4.79 Å². The predicted molar refractivity (Wildman–Crippen MR) is 91.9 cm³/mol. The molecule has 3 rings (SSSR count). The molecule has 1 fully saturated rings. The van der Waals surface area contributed by atoms with Crippen molar-refractivity contribution in [1.82, 2.24) is 10.6 Å². The Labute approximate surface area is 143 Å². The summed E-state index contributed by atoms with van der Waals surface area (Å²) in [6, 6.07) is 10.6. The molecule has 3 amide bonds. The van der Waals surface area contributed by atoms with Crippen molar-refractivity contribution in [2.45, 2.75) is 19.0 Å². The third-order valence-electron chi connectivity index (χ3n) is 3.60. The number of thiophene rings is 1.